The molecule has 0 aromatic heterocycles. The van der Waals surface area contributed by atoms with Crippen LogP contribution in [0.2, 0.25) is 0 Å². The molecule has 15 heavy (non-hydrogen) atoms. The maximum Gasteiger partial charge on any atom is 0.469 e. The van der Waals surface area contributed by atoms with Crippen LogP contribution in [-0.4, -0.2) is 39.4 Å². The lowest BCUT2D eigenvalue weighted by Crippen LogP contribution is -2.23. The van der Waals surface area contributed by atoms with Gasteiger partial charge in [0, 0.05) is 18.9 Å². The first-order valence-corrected chi connectivity index (χ1v) is 6.05. The number of hydrogen-bond acceptors (Lipinski definition) is 4. The van der Waals surface area contributed by atoms with Crippen LogP contribution < -0.4 is 0 Å². The van der Waals surface area contributed by atoms with Gasteiger partial charge in [0.15, 0.2) is 0 Å². The number of hydrogen-bond donors (Lipinski definition) is 2. The Morgan fingerprint density at radius 3 is 2.80 bits per heavy atom. The molecular weight excluding hydrogens is 219 g/mol. The molecule has 6 nitrogen and oxygen atoms in total. The molecule has 0 saturated carbocycles. The molecule has 1 heterocycles. The molecule has 0 aliphatic carbocycles. The third kappa shape index (κ3) is 4.99. The van der Waals surface area contributed by atoms with E-state index < -0.39 is 7.82 Å². The summed E-state index contributed by atoms with van der Waals surface area (Å²) < 4.78 is 14.7. The number of nitrogens with zero attached hydrogens (tertiary/aromatic N) is 2. The summed E-state index contributed by atoms with van der Waals surface area (Å²) in [6.07, 6.45) is 6.07. The lowest BCUT2D eigenvalue weighted by atomic mass is 10.4. The average molecular weight is 234 g/mol. The highest BCUT2D eigenvalue weighted by atomic mass is 31.2. The van der Waals surface area contributed by atoms with E-state index in [2.05, 4.69) is 11.1 Å². The molecule has 1 aliphatic heterocycles. The molecule has 0 aromatic carbocycles. The lowest BCUT2D eigenvalue weighted by molar-refractivity contribution is 0.186. The molecule has 0 saturated heterocycles. The summed E-state index contributed by atoms with van der Waals surface area (Å²) in [5.74, 6) is 0. The van der Waals surface area contributed by atoms with E-state index in [1.54, 1.807) is 6.20 Å². The molecule has 7 heteroatoms. The van der Waals surface area contributed by atoms with Crippen LogP contribution in [0, 0.1) is 0 Å². The Morgan fingerprint density at radius 1 is 1.53 bits per heavy atom. The summed E-state index contributed by atoms with van der Waals surface area (Å²) in [7, 11) is -4.31. The lowest BCUT2D eigenvalue weighted by Gasteiger charge is -2.18. The fraction of sp³-hybridized carbons (Fsp3) is 0.500. The van der Waals surface area contributed by atoms with E-state index in [9.17, 15) is 4.57 Å². The van der Waals surface area contributed by atoms with Gasteiger partial charge in [0.2, 0.25) is 0 Å². The molecular formula is C8H15N2O4P. The molecule has 0 bridgehead atoms. The predicted molar refractivity (Wildman–Crippen MR) is 55.4 cm³/mol. The molecule has 0 radical (unpaired) electrons. The molecule has 0 fully saturated rings. The van der Waals surface area contributed by atoms with Gasteiger partial charge in [-0.05, 0) is 12.6 Å². The second kappa shape index (κ2) is 5.32. The molecule has 86 valence electrons. The number of phosphoric ester groups is 1. The van der Waals surface area contributed by atoms with Crippen molar-refractivity contribution in [1.29, 1.82) is 0 Å². The minimum atomic E-state index is -4.31. The second-order valence-electron chi connectivity index (χ2n) is 3.13. The van der Waals surface area contributed by atoms with Crippen LogP contribution >= 0.6 is 7.82 Å². The maximum absolute atomic E-state index is 10.3. The summed E-state index contributed by atoms with van der Waals surface area (Å²) in [6.45, 7) is 5.10. The molecule has 1 aliphatic rings. The Hall–Kier alpha value is -0.810. The van der Waals surface area contributed by atoms with E-state index in [-0.39, 0.29) is 6.61 Å². The van der Waals surface area contributed by atoms with Crippen molar-refractivity contribution in [1.82, 2.24) is 9.80 Å². The van der Waals surface area contributed by atoms with E-state index in [1.165, 1.54) is 0 Å². The van der Waals surface area contributed by atoms with Crippen molar-refractivity contribution in [3.05, 3.63) is 25.2 Å². The van der Waals surface area contributed by atoms with E-state index in [4.69, 9.17) is 9.79 Å². The van der Waals surface area contributed by atoms with Crippen LogP contribution in [0.1, 0.15) is 6.42 Å². The minimum Gasteiger partial charge on any atom is -0.358 e. The van der Waals surface area contributed by atoms with Crippen LogP contribution in [-0.2, 0) is 9.09 Å². The zero-order chi connectivity index (χ0) is 11.3. The highest BCUT2D eigenvalue weighted by Crippen LogP contribution is 2.35. The first-order chi connectivity index (χ1) is 7.01. The molecule has 0 amide bonds. The fourth-order valence-electron chi connectivity index (χ4n) is 1.20. The zero-order valence-electron chi connectivity index (χ0n) is 8.32. The summed E-state index contributed by atoms with van der Waals surface area (Å²) in [6, 6.07) is 0. The average Bonchev–Trinajstić information content (AvgIpc) is 2.59. The van der Waals surface area contributed by atoms with Crippen LogP contribution in [0.3, 0.4) is 0 Å². The molecule has 0 spiro atoms. The van der Waals surface area contributed by atoms with Crippen molar-refractivity contribution in [2.45, 2.75) is 6.42 Å². The Morgan fingerprint density at radius 2 is 2.27 bits per heavy atom. The van der Waals surface area contributed by atoms with Gasteiger partial charge in [0.05, 0.1) is 13.3 Å². The first-order valence-electron chi connectivity index (χ1n) is 4.52. The van der Waals surface area contributed by atoms with Crippen molar-refractivity contribution < 1.29 is 18.9 Å². The van der Waals surface area contributed by atoms with Gasteiger partial charge in [-0.25, -0.2) is 4.57 Å². The number of phosphoric acid groups is 1. The van der Waals surface area contributed by atoms with Crippen molar-refractivity contribution in [3.63, 3.8) is 0 Å². The second-order valence-corrected chi connectivity index (χ2v) is 4.37. The van der Waals surface area contributed by atoms with Crippen molar-refractivity contribution >= 4 is 7.82 Å². The zero-order valence-corrected chi connectivity index (χ0v) is 9.21. The minimum absolute atomic E-state index is 0.0582. The van der Waals surface area contributed by atoms with Crippen molar-refractivity contribution in [3.8, 4) is 0 Å². The van der Waals surface area contributed by atoms with Gasteiger partial charge in [-0.2, -0.15) is 0 Å². The van der Waals surface area contributed by atoms with E-state index in [0.717, 1.165) is 6.67 Å². The molecule has 1 rings (SSSR count). The van der Waals surface area contributed by atoms with E-state index in [0.29, 0.717) is 13.0 Å². The third-order valence-electron chi connectivity index (χ3n) is 1.90. The van der Waals surface area contributed by atoms with Gasteiger partial charge in [-0.3, -0.25) is 4.52 Å². The van der Waals surface area contributed by atoms with Crippen molar-refractivity contribution in [2.24, 2.45) is 0 Å². The first kappa shape index (κ1) is 12.3. The fourth-order valence-corrected chi connectivity index (χ4v) is 1.57. The van der Waals surface area contributed by atoms with Gasteiger partial charge in [0.1, 0.15) is 0 Å². The maximum atomic E-state index is 10.3. The monoisotopic (exact) mass is 234 g/mol. The standard InChI is InChI=1S/C8H15N2O4P/c1-2-9-5-6-10(8-9)4-3-7-14-15(11,12)13/h2,5-6H,1,3-4,7-8H2,(H2,11,12,13). The van der Waals surface area contributed by atoms with Crippen LogP contribution in [0.5, 0.6) is 0 Å². The van der Waals surface area contributed by atoms with Crippen LogP contribution in [0.4, 0.5) is 0 Å². The Labute approximate surface area is 88.7 Å². The Kier molecular flexibility index (Phi) is 4.35. The van der Waals surface area contributed by atoms with Gasteiger partial charge < -0.3 is 19.6 Å². The van der Waals surface area contributed by atoms with E-state index in [1.807, 2.05) is 22.2 Å². The molecule has 0 unspecified atom stereocenters. The van der Waals surface area contributed by atoms with Crippen LogP contribution in [0.25, 0.3) is 0 Å². The van der Waals surface area contributed by atoms with Gasteiger partial charge in [-0.15, -0.1) is 0 Å². The highest BCUT2D eigenvalue weighted by molar-refractivity contribution is 7.46. The Bertz CT molecular complexity index is 288. The predicted octanol–water partition coefficient (Wildman–Crippen LogP) is 0.676. The SMILES string of the molecule is C=CN1C=CN(CCCOP(=O)(O)O)C1. The van der Waals surface area contributed by atoms with E-state index >= 15 is 0 Å². The molecule has 0 aromatic rings. The van der Waals surface area contributed by atoms with Gasteiger partial charge in [0.25, 0.3) is 0 Å². The topological polar surface area (TPSA) is 73.2 Å². The van der Waals surface area contributed by atoms with Gasteiger partial charge in [-0.1, -0.05) is 6.58 Å². The van der Waals surface area contributed by atoms with Gasteiger partial charge >= 0.3 is 7.82 Å². The summed E-state index contributed by atoms with van der Waals surface area (Å²) >= 11 is 0. The summed E-state index contributed by atoms with van der Waals surface area (Å²) in [5, 5.41) is 0. The molecule has 0 atom stereocenters. The highest BCUT2D eigenvalue weighted by Gasteiger charge is 2.14. The largest absolute Gasteiger partial charge is 0.469 e. The third-order valence-corrected chi connectivity index (χ3v) is 2.42. The quantitative estimate of drug-likeness (QED) is 0.520. The summed E-state index contributed by atoms with van der Waals surface area (Å²) in [5.41, 5.74) is 0. The Balaban J connectivity index is 2.10. The molecule has 2 N–H and O–H groups in total. The summed E-state index contributed by atoms with van der Waals surface area (Å²) in [4.78, 5) is 20.8. The normalized spacial score (nSPS) is 16.1. The smallest absolute Gasteiger partial charge is 0.358 e. The van der Waals surface area contributed by atoms with Crippen LogP contribution in [0.15, 0.2) is 25.2 Å². The van der Waals surface area contributed by atoms with Crippen molar-refractivity contribution in [2.75, 3.05) is 19.8 Å². The number of rotatable bonds is 6.